The fraction of sp³-hybridized carbons (Fsp3) is 0.200. The molecule has 0 aliphatic heterocycles. The first-order valence-electron chi connectivity index (χ1n) is 4.43. The molecule has 0 saturated carbocycles. The summed E-state index contributed by atoms with van der Waals surface area (Å²) < 4.78 is 4.38. The van der Waals surface area contributed by atoms with Gasteiger partial charge in [-0.3, -0.25) is 0 Å². The molecular weight excluding hydrogens is 230 g/mol. The fourth-order valence-electron chi connectivity index (χ4n) is 0.521. The Hall–Kier alpha value is -1.82. The molecule has 0 bridgehead atoms. The molecule has 5 nitrogen and oxygen atoms in total. The van der Waals surface area contributed by atoms with E-state index in [1.807, 2.05) is 22.9 Å². The second kappa shape index (κ2) is 9.72. The van der Waals surface area contributed by atoms with Crippen LogP contribution in [0.2, 0.25) is 0 Å². The highest BCUT2D eigenvalue weighted by Gasteiger charge is 2.01. The van der Waals surface area contributed by atoms with Crippen LogP contribution in [0.15, 0.2) is 35.5 Å². The van der Waals surface area contributed by atoms with Crippen molar-refractivity contribution < 1.29 is 19.2 Å². The molecule has 0 fully saturated rings. The number of rotatable bonds is 2. The number of thiophene rings is 1. The minimum absolute atomic E-state index is 0.220. The smallest absolute Gasteiger partial charge is 0.440 e. The van der Waals surface area contributed by atoms with E-state index >= 15 is 0 Å². The van der Waals surface area contributed by atoms with Crippen LogP contribution >= 0.6 is 11.3 Å². The standard InChI is InChI=1S/C6H9NO4.C4H4S/c1-3-5(8)11-7-6(9)10-4-2;1-2-4-5-3-1/h3H,1,4H2,2H3,(H,7,9);1-4H. The molecule has 1 aromatic rings. The Labute approximate surface area is 97.6 Å². The number of hydroxylamine groups is 1. The summed E-state index contributed by atoms with van der Waals surface area (Å²) >= 11 is 1.71. The Morgan fingerprint density at radius 1 is 1.44 bits per heavy atom. The lowest BCUT2D eigenvalue weighted by atomic mass is 10.7. The van der Waals surface area contributed by atoms with E-state index in [2.05, 4.69) is 16.2 Å². The summed E-state index contributed by atoms with van der Waals surface area (Å²) in [7, 11) is 0. The van der Waals surface area contributed by atoms with Crippen molar-refractivity contribution in [3.05, 3.63) is 35.5 Å². The normalized spacial score (nSPS) is 8.06. The van der Waals surface area contributed by atoms with Gasteiger partial charge in [0.05, 0.1) is 6.61 Å². The third-order valence-corrected chi connectivity index (χ3v) is 1.73. The summed E-state index contributed by atoms with van der Waals surface area (Å²) in [5, 5.41) is 4.08. The van der Waals surface area contributed by atoms with Gasteiger partial charge in [0.1, 0.15) is 0 Å². The third kappa shape index (κ3) is 8.76. The zero-order valence-electron chi connectivity index (χ0n) is 8.84. The van der Waals surface area contributed by atoms with Gasteiger partial charge in [-0.1, -0.05) is 18.7 Å². The van der Waals surface area contributed by atoms with E-state index < -0.39 is 12.1 Å². The van der Waals surface area contributed by atoms with E-state index in [9.17, 15) is 9.59 Å². The summed E-state index contributed by atoms with van der Waals surface area (Å²) in [4.78, 5) is 24.9. The first-order chi connectivity index (χ1) is 7.70. The molecule has 0 radical (unpaired) electrons. The lowest BCUT2D eigenvalue weighted by molar-refractivity contribution is -0.143. The highest BCUT2D eigenvalue weighted by Crippen LogP contribution is 1.91. The Kier molecular flexibility index (Phi) is 8.62. The number of nitrogens with one attached hydrogen (secondary N) is 1. The van der Waals surface area contributed by atoms with Gasteiger partial charge in [0, 0.05) is 6.08 Å². The van der Waals surface area contributed by atoms with E-state index in [0.29, 0.717) is 0 Å². The maximum Gasteiger partial charge on any atom is 0.440 e. The number of carbonyl (C=O) groups is 2. The van der Waals surface area contributed by atoms with Crippen LogP contribution in [0.25, 0.3) is 0 Å². The van der Waals surface area contributed by atoms with Gasteiger partial charge in [0.2, 0.25) is 0 Å². The molecule has 0 saturated heterocycles. The Morgan fingerprint density at radius 3 is 2.44 bits per heavy atom. The number of hydrogen-bond acceptors (Lipinski definition) is 5. The second-order valence-electron chi connectivity index (χ2n) is 2.24. The zero-order chi connectivity index (χ0) is 12.2. The lowest BCUT2D eigenvalue weighted by Crippen LogP contribution is -2.26. The van der Waals surface area contributed by atoms with Crippen LogP contribution in [0, 0.1) is 0 Å². The predicted octanol–water partition coefficient (Wildman–Crippen LogP) is 2.12. The topological polar surface area (TPSA) is 64.6 Å². The maximum atomic E-state index is 10.4. The molecule has 16 heavy (non-hydrogen) atoms. The summed E-state index contributed by atoms with van der Waals surface area (Å²) in [6.45, 7) is 4.97. The van der Waals surface area contributed by atoms with Gasteiger partial charge in [-0.15, -0.1) is 5.48 Å². The molecule has 0 aromatic carbocycles. The molecule has 1 aromatic heterocycles. The van der Waals surface area contributed by atoms with Crippen LogP contribution in [-0.2, 0) is 14.4 Å². The van der Waals surface area contributed by atoms with Crippen molar-refractivity contribution in [2.75, 3.05) is 6.61 Å². The molecule has 88 valence electrons. The summed E-state index contributed by atoms with van der Waals surface area (Å²) in [6, 6.07) is 4.04. The Bertz CT molecular complexity index is 293. The average molecular weight is 243 g/mol. The van der Waals surface area contributed by atoms with Gasteiger partial charge >= 0.3 is 12.1 Å². The molecule has 1 amide bonds. The molecule has 1 rings (SSSR count). The van der Waals surface area contributed by atoms with Crippen molar-refractivity contribution in [3.8, 4) is 0 Å². The molecule has 0 atom stereocenters. The lowest BCUT2D eigenvalue weighted by Gasteiger charge is -2.02. The maximum absolute atomic E-state index is 10.4. The highest BCUT2D eigenvalue weighted by molar-refractivity contribution is 7.07. The summed E-state index contributed by atoms with van der Waals surface area (Å²) in [5.41, 5.74) is 1.75. The van der Waals surface area contributed by atoms with E-state index in [1.54, 1.807) is 23.7 Å². The van der Waals surface area contributed by atoms with Crippen LogP contribution in [0.3, 0.4) is 0 Å². The quantitative estimate of drug-likeness (QED) is 0.638. The van der Waals surface area contributed by atoms with Crippen LogP contribution < -0.4 is 5.48 Å². The van der Waals surface area contributed by atoms with Crippen molar-refractivity contribution in [3.63, 3.8) is 0 Å². The minimum atomic E-state index is -0.803. The highest BCUT2D eigenvalue weighted by atomic mass is 32.1. The van der Waals surface area contributed by atoms with E-state index in [0.717, 1.165) is 6.08 Å². The van der Waals surface area contributed by atoms with Crippen molar-refractivity contribution >= 4 is 23.4 Å². The molecule has 1 heterocycles. The van der Waals surface area contributed by atoms with E-state index in [4.69, 9.17) is 0 Å². The molecule has 0 aliphatic rings. The molecule has 0 unspecified atom stereocenters. The van der Waals surface area contributed by atoms with Gasteiger partial charge in [0.25, 0.3) is 0 Å². The van der Waals surface area contributed by atoms with Gasteiger partial charge < -0.3 is 9.57 Å². The predicted molar refractivity (Wildman–Crippen MR) is 60.8 cm³/mol. The Morgan fingerprint density at radius 2 is 2.06 bits per heavy atom. The molecule has 0 aliphatic carbocycles. The van der Waals surface area contributed by atoms with E-state index in [-0.39, 0.29) is 6.61 Å². The molecular formula is C10H13NO4S. The van der Waals surface area contributed by atoms with Crippen LogP contribution in [0.4, 0.5) is 4.79 Å². The van der Waals surface area contributed by atoms with Crippen LogP contribution in [0.1, 0.15) is 6.92 Å². The Balaban J connectivity index is 0.000000368. The minimum Gasteiger partial charge on any atom is -0.448 e. The van der Waals surface area contributed by atoms with Gasteiger partial charge in [-0.05, 0) is 17.7 Å². The molecule has 6 heteroatoms. The number of amides is 1. The van der Waals surface area contributed by atoms with Crippen molar-refractivity contribution in [1.29, 1.82) is 0 Å². The molecule has 1 N–H and O–H groups in total. The van der Waals surface area contributed by atoms with Gasteiger partial charge in [-0.2, -0.15) is 11.3 Å². The van der Waals surface area contributed by atoms with Gasteiger partial charge in [0.15, 0.2) is 0 Å². The largest absolute Gasteiger partial charge is 0.448 e. The number of ether oxygens (including phenoxy) is 1. The van der Waals surface area contributed by atoms with Crippen molar-refractivity contribution in [2.45, 2.75) is 6.92 Å². The number of carbonyl (C=O) groups excluding carboxylic acids is 2. The number of hydrogen-bond donors (Lipinski definition) is 1. The average Bonchev–Trinajstić information content (AvgIpc) is 2.85. The zero-order valence-corrected chi connectivity index (χ0v) is 9.66. The first-order valence-corrected chi connectivity index (χ1v) is 5.38. The van der Waals surface area contributed by atoms with Crippen LogP contribution in [-0.4, -0.2) is 18.7 Å². The summed E-state index contributed by atoms with van der Waals surface area (Å²) in [6.07, 6.45) is 0.120. The van der Waals surface area contributed by atoms with Crippen molar-refractivity contribution in [2.24, 2.45) is 0 Å². The second-order valence-corrected chi connectivity index (χ2v) is 3.06. The SMILES string of the molecule is C=CC(=O)ONC(=O)OCC.c1ccsc1. The monoisotopic (exact) mass is 243 g/mol. The third-order valence-electron chi connectivity index (χ3n) is 1.10. The first kappa shape index (κ1) is 14.2. The van der Waals surface area contributed by atoms with Crippen molar-refractivity contribution in [1.82, 2.24) is 5.48 Å². The van der Waals surface area contributed by atoms with Crippen LogP contribution in [0.5, 0.6) is 0 Å². The fourth-order valence-corrected chi connectivity index (χ4v) is 0.975. The van der Waals surface area contributed by atoms with Gasteiger partial charge in [-0.25, -0.2) is 9.59 Å². The molecule has 0 spiro atoms. The summed E-state index contributed by atoms with van der Waals surface area (Å²) in [5.74, 6) is -0.738. The van der Waals surface area contributed by atoms with E-state index in [1.165, 1.54) is 0 Å².